The van der Waals surface area contributed by atoms with Crippen molar-refractivity contribution in [2.75, 3.05) is 0 Å². The number of benzene rings is 4. The van der Waals surface area contributed by atoms with Crippen molar-refractivity contribution in [1.82, 2.24) is 0 Å². The first kappa shape index (κ1) is 31.3. The molecule has 4 aromatic carbocycles. The lowest BCUT2D eigenvalue weighted by Gasteiger charge is -2.31. The van der Waals surface area contributed by atoms with Gasteiger partial charge in [-0.3, -0.25) is 0 Å². The van der Waals surface area contributed by atoms with Crippen LogP contribution in [-0.4, -0.2) is 0 Å². The van der Waals surface area contributed by atoms with E-state index in [1.807, 2.05) is 12.2 Å². The molecule has 4 rings (SSSR count). The second kappa shape index (κ2) is 14.0. The van der Waals surface area contributed by atoms with E-state index < -0.39 is 0 Å². The molecule has 0 atom stereocenters. The largest absolute Gasteiger partial charge is 0.0991 e. The predicted octanol–water partition coefficient (Wildman–Crippen LogP) is 12.5. The van der Waals surface area contributed by atoms with Crippen LogP contribution in [0, 0.1) is 6.92 Å². The van der Waals surface area contributed by atoms with Gasteiger partial charge in [-0.15, -0.1) is 0 Å². The van der Waals surface area contributed by atoms with Crippen molar-refractivity contribution in [1.29, 1.82) is 0 Å². The Morgan fingerprint density at radius 2 is 1.35 bits per heavy atom. The van der Waals surface area contributed by atoms with Gasteiger partial charge in [0, 0.05) is 5.41 Å². The summed E-state index contributed by atoms with van der Waals surface area (Å²) in [5, 5.41) is 0. The standard InChI is InChI=1S/C43H44/c1-9-18-37(19-10-2)43(7,8)41-26-17-25-40(42(41)33-21-14-13-15-22-33)36-24-16-23-34(30-36)35-27-28-39(32(6)29-35)38(20-11-3)31(5)12-4/h9-30H,1,4H2,2-3,5-8H3/b19-10-,20-11-,37-18+,38-31+. The van der Waals surface area contributed by atoms with E-state index in [9.17, 15) is 0 Å². The van der Waals surface area contributed by atoms with E-state index in [1.165, 1.54) is 66.8 Å². The maximum absolute atomic E-state index is 4.00. The van der Waals surface area contributed by atoms with Gasteiger partial charge in [-0.25, -0.2) is 0 Å². The van der Waals surface area contributed by atoms with Crippen LogP contribution in [0.25, 0.3) is 39.0 Å². The number of hydrogen-bond acceptors (Lipinski definition) is 0. The third-order valence-electron chi connectivity index (χ3n) is 8.25. The van der Waals surface area contributed by atoms with Crippen molar-refractivity contribution in [3.05, 3.63) is 175 Å². The zero-order valence-electron chi connectivity index (χ0n) is 26.6. The Labute approximate surface area is 259 Å². The molecule has 0 N–H and O–H groups in total. The summed E-state index contributed by atoms with van der Waals surface area (Å²) in [6, 6.07) is 33.2. The van der Waals surface area contributed by atoms with Crippen molar-refractivity contribution in [3.63, 3.8) is 0 Å². The Balaban J connectivity index is 1.91. The van der Waals surface area contributed by atoms with Crippen LogP contribution < -0.4 is 0 Å². The molecule has 4 aromatic rings. The normalized spacial score (nSPS) is 12.9. The molecule has 0 spiro atoms. The average molecular weight is 561 g/mol. The second-order valence-corrected chi connectivity index (χ2v) is 11.5. The van der Waals surface area contributed by atoms with Crippen LogP contribution >= 0.6 is 0 Å². The molecule has 0 aliphatic carbocycles. The molecule has 43 heavy (non-hydrogen) atoms. The van der Waals surface area contributed by atoms with Crippen LogP contribution in [0.5, 0.6) is 0 Å². The van der Waals surface area contributed by atoms with Crippen LogP contribution in [0.3, 0.4) is 0 Å². The molecule has 216 valence electrons. The highest BCUT2D eigenvalue weighted by atomic mass is 14.3. The summed E-state index contributed by atoms with van der Waals surface area (Å²) in [6.45, 7) is 21.0. The molecule has 0 saturated heterocycles. The van der Waals surface area contributed by atoms with Gasteiger partial charge in [0.2, 0.25) is 0 Å². The maximum atomic E-state index is 4.00. The van der Waals surface area contributed by atoms with Crippen LogP contribution in [0.1, 0.15) is 51.3 Å². The van der Waals surface area contributed by atoms with E-state index in [-0.39, 0.29) is 5.41 Å². The molecule has 0 bridgehead atoms. The van der Waals surface area contributed by atoms with Gasteiger partial charge in [-0.05, 0) is 101 Å². The van der Waals surface area contributed by atoms with Gasteiger partial charge >= 0.3 is 0 Å². The minimum Gasteiger partial charge on any atom is -0.0991 e. The minimum absolute atomic E-state index is 0.242. The average Bonchev–Trinajstić information content (AvgIpc) is 3.03. The molecule has 0 amide bonds. The SMILES string of the molecule is C=C/C=C(\C=C/C)C(C)(C)c1cccc(-c2cccc(-c3ccc(C(/C=C\C)=C(\C)C=C)c(C)c3)c2)c1-c1ccccc1. The van der Waals surface area contributed by atoms with E-state index in [0.29, 0.717) is 0 Å². The topological polar surface area (TPSA) is 0 Å². The first-order valence-corrected chi connectivity index (χ1v) is 15.1. The fourth-order valence-electron chi connectivity index (χ4n) is 5.89. The summed E-state index contributed by atoms with van der Waals surface area (Å²) in [6.07, 6.45) is 14.5. The Morgan fingerprint density at radius 1 is 0.698 bits per heavy atom. The lowest BCUT2D eigenvalue weighted by Crippen LogP contribution is -2.21. The Hall–Kier alpha value is -4.68. The van der Waals surface area contributed by atoms with E-state index in [4.69, 9.17) is 0 Å². The highest BCUT2D eigenvalue weighted by molar-refractivity contribution is 5.89. The molecule has 0 fully saturated rings. The highest BCUT2D eigenvalue weighted by Crippen LogP contribution is 2.44. The molecule has 0 aliphatic heterocycles. The molecule has 0 heteroatoms. The first-order chi connectivity index (χ1) is 20.8. The molecule has 0 aliphatic rings. The summed E-state index contributed by atoms with van der Waals surface area (Å²) in [5.41, 5.74) is 14.5. The van der Waals surface area contributed by atoms with Gasteiger partial charge < -0.3 is 0 Å². The van der Waals surface area contributed by atoms with Crippen molar-refractivity contribution in [2.45, 2.75) is 47.0 Å². The van der Waals surface area contributed by atoms with Crippen molar-refractivity contribution in [3.8, 4) is 33.4 Å². The summed E-state index contributed by atoms with van der Waals surface area (Å²) >= 11 is 0. The third kappa shape index (κ3) is 6.71. The smallest absolute Gasteiger partial charge is 0.0152 e. The zero-order chi connectivity index (χ0) is 31.0. The Bertz CT molecular complexity index is 1730. The van der Waals surface area contributed by atoms with Gasteiger partial charge in [0.1, 0.15) is 0 Å². The number of rotatable bonds is 10. The summed E-state index contributed by atoms with van der Waals surface area (Å²) in [7, 11) is 0. The van der Waals surface area contributed by atoms with Gasteiger partial charge in [0.15, 0.2) is 0 Å². The quantitative estimate of drug-likeness (QED) is 0.169. The van der Waals surface area contributed by atoms with Crippen LogP contribution in [-0.2, 0) is 5.41 Å². The summed E-state index contributed by atoms with van der Waals surface area (Å²) in [4.78, 5) is 0. The minimum atomic E-state index is -0.242. The fourth-order valence-corrected chi connectivity index (χ4v) is 5.89. The predicted molar refractivity (Wildman–Crippen MR) is 191 cm³/mol. The van der Waals surface area contributed by atoms with Crippen LogP contribution in [0.2, 0.25) is 0 Å². The van der Waals surface area contributed by atoms with Gasteiger partial charge in [0.25, 0.3) is 0 Å². The third-order valence-corrected chi connectivity index (χ3v) is 8.25. The monoisotopic (exact) mass is 560 g/mol. The van der Waals surface area contributed by atoms with Gasteiger partial charge in [0.05, 0.1) is 0 Å². The summed E-state index contributed by atoms with van der Waals surface area (Å²) < 4.78 is 0. The number of allylic oxidation sites excluding steroid dienone is 10. The molecular formula is C43H44. The second-order valence-electron chi connectivity index (χ2n) is 11.5. The number of aryl methyl sites for hydroxylation is 1. The van der Waals surface area contributed by atoms with E-state index in [2.05, 4.69) is 176 Å². The number of hydrogen-bond donors (Lipinski definition) is 0. The van der Waals surface area contributed by atoms with E-state index in [0.717, 1.165) is 0 Å². The van der Waals surface area contributed by atoms with E-state index >= 15 is 0 Å². The molecule has 0 unspecified atom stereocenters. The summed E-state index contributed by atoms with van der Waals surface area (Å²) in [5.74, 6) is 0. The lowest BCUT2D eigenvalue weighted by molar-refractivity contribution is 0.641. The highest BCUT2D eigenvalue weighted by Gasteiger charge is 2.28. The zero-order valence-corrected chi connectivity index (χ0v) is 26.6. The molecular weight excluding hydrogens is 516 g/mol. The van der Waals surface area contributed by atoms with Crippen LogP contribution in [0.4, 0.5) is 0 Å². The Kier molecular flexibility index (Phi) is 10.2. The molecule has 0 aromatic heterocycles. The van der Waals surface area contributed by atoms with Gasteiger partial charge in [-0.2, -0.15) is 0 Å². The molecule has 0 saturated carbocycles. The fraction of sp³-hybridized carbons (Fsp3) is 0.163. The first-order valence-electron chi connectivity index (χ1n) is 15.1. The van der Waals surface area contributed by atoms with Crippen molar-refractivity contribution < 1.29 is 0 Å². The van der Waals surface area contributed by atoms with E-state index in [1.54, 1.807) is 0 Å². The van der Waals surface area contributed by atoms with Crippen LogP contribution in [0.15, 0.2) is 158 Å². The molecule has 0 nitrogen and oxygen atoms in total. The maximum Gasteiger partial charge on any atom is 0.0152 e. The Morgan fingerprint density at radius 3 is 2.00 bits per heavy atom. The molecule has 0 heterocycles. The van der Waals surface area contributed by atoms with Gasteiger partial charge in [-0.1, -0.05) is 154 Å². The molecule has 0 radical (unpaired) electrons. The van der Waals surface area contributed by atoms with Crippen molar-refractivity contribution in [2.24, 2.45) is 0 Å². The van der Waals surface area contributed by atoms with Crippen molar-refractivity contribution >= 4 is 5.57 Å². The lowest BCUT2D eigenvalue weighted by atomic mass is 9.72.